The van der Waals surface area contributed by atoms with Gasteiger partial charge in [0, 0.05) is 6.42 Å². The fourth-order valence-corrected chi connectivity index (χ4v) is 1.22. The topological polar surface area (TPSA) is 61.8 Å². The molecule has 0 amide bonds. The lowest BCUT2D eigenvalue weighted by molar-refractivity contribution is -0.159. The summed E-state index contributed by atoms with van der Waals surface area (Å²) in [5, 5.41) is 0. The Bertz CT molecular complexity index is 196. The molecule has 0 unspecified atom stereocenters. The highest BCUT2D eigenvalue weighted by Gasteiger charge is 2.07. The van der Waals surface area contributed by atoms with Crippen molar-refractivity contribution >= 4 is 11.9 Å². The molecule has 0 radical (unpaired) electrons. The molecule has 0 spiro atoms. The molecule has 15 heavy (non-hydrogen) atoms. The van der Waals surface area contributed by atoms with Crippen LogP contribution in [-0.4, -0.2) is 38.4 Å². The Hall–Kier alpha value is -1.10. The first kappa shape index (κ1) is 12.0. The molecule has 0 aromatic heterocycles. The van der Waals surface area contributed by atoms with Crippen LogP contribution in [0.2, 0.25) is 0 Å². The van der Waals surface area contributed by atoms with Gasteiger partial charge in [0.2, 0.25) is 0 Å². The Balaban J connectivity index is 0.000000151. The second-order valence-electron chi connectivity index (χ2n) is 3.30. The molecule has 0 saturated carbocycles. The maximum atomic E-state index is 10.5. The van der Waals surface area contributed by atoms with Crippen LogP contribution >= 0.6 is 0 Å². The van der Waals surface area contributed by atoms with Crippen LogP contribution < -0.4 is 0 Å². The van der Waals surface area contributed by atoms with Crippen molar-refractivity contribution in [1.29, 1.82) is 0 Å². The minimum atomic E-state index is -0.258. The van der Waals surface area contributed by atoms with Crippen LogP contribution in [0.15, 0.2) is 0 Å². The van der Waals surface area contributed by atoms with Gasteiger partial charge in [-0.2, -0.15) is 0 Å². The number of hydrogen-bond acceptors (Lipinski definition) is 5. The molecule has 0 atom stereocenters. The second-order valence-corrected chi connectivity index (χ2v) is 3.30. The SMILES string of the molecule is O=C1CCCCCO1.O=C1COCCO1. The smallest absolute Gasteiger partial charge is 0.332 e. The lowest BCUT2D eigenvalue weighted by Crippen LogP contribution is -2.22. The van der Waals surface area contributed by atoms with Crippen molar-refractivity contribution in [3.05, 3.63) is 0 Å². The molecule has 86 valence electrons. The second kappa shape index (κ2) is 7.23. The zero-order valence-corrected chi connectivity index (χ0v) is 8.70. The summed E-state index contributed by atoms with van der Waals surface area (Å²) < 4.78 is 14.0. The first-order valence-corrected chi connectivity index (χ1v) is 5.18. The van der Waals surface area contributed by atoms with Gasteiger partial charge in [0.1, 0.15) is 13.2 Å². The van der Waals surface area contributed by atoms with Crippen LogP contribution in [0.4, 0.5) is 0 Å². The Morgan fingerprint density at radius 3 is 2.20 bits per heavy atom. The zero-order chi connectivity index (χ0) is 10.9. The van der Waals surface area contributed by atoms with Crippen molar-refractivity contribution < 1.29 is 23.8 Å². The highest BCUT2D eigenvalue weighted by atomic mass is 16.6. The maximum absolute atomic E-state index is 10.5. The number of cyclic esters (lactones) is 2. The third-order valence-corrected chi connectivity index (χ3v) is 2.00. The molecule has 2 fully saturated rings. The van der Waals surface area contributed by atoms with Crippen molar-refractivity contribution in [2.45, 2.75) is 25.7 Å². The van der Waals surface area contributed by atoms with Gasteiger partial charge in [-0.05, 0) is 19.3 Å². The average Bonchev–Trinajstić information content (AvgIpc) is 2.48. The Labute approximate surface area is 88.7 Å². The van der Waals surface area contributed by atoms with Crippen LogP contribution in [0, 0.1) is 0 Å². The summed E-state index contributed by atoms with van der Waals surface area (Å²) in [6.07, 6.45) is 3.83. The molecule has 2 heterocycles. The molecule has 2 aliphatic heterocycles. The lowest BCUT2D eigenvalue weighted by atomic mass is 10.2. The quantitative estimate of drug-likeness (QED) is 0.557. The van der Waals surface area contributed by atoms with Crippen molar-refractivity contribution in [1.82, 2.24) is 0 Å². The summed E-state index contributed by atoms with van der Waals surface area (Å²) in [4.78, 5) is 20.6. The van der Waals surface area contributed by atoms with E-state index >= 15 is 0 Å². The highest BCUT2D eigenvalue weighted by Crippen LogP contribution is 2.06. The molecule has 5 heteroatoms. The van der Waals surface area contributed by atoms with Crippen molar-refractivity contribution in [2.75, 3.05) is 26.4 Å². The highest BCUT2D eigenvalue weighted by molar-refractivity contribution is 5.71. The van der Waals surface area contributed by atoms with E-state index in [0.29, 0.717) is 26.2 Å². The Morgan fingerprint density at radius 1 is 0.800 bits per heavy atom. The largest absolute Gasteiger partial charge is 0.466 e. The lowest BCUT2D eigenvalue weighted by Gasteiger charge is -2.09. The van der Waals surface area contributed by atoms with Gasteiger partial charge in [-0.15, -0.1) is 0 Å². The van der Waals surface area contributed by atoms with E-state index in [1.165, 1.54) is 0 Å². The number of rotatable bonds is 0. The fourth-order valence-electron chi connectivity index (χ4n) is 1.22. The number of esters is 2. The van der Waals surface area contributed by atoms with Gasteiger partial charge in [-0.3, -0.25) is 4.79 Å². The van der Waals surface area contributed by atoms with E-state index in [2.05, 4.69) is 4.74 Å². The van der Waals surface area contributed by atoms with E-state index in [4.69, 9.17) is 9.47 Å². The van der Waals surface area contributed by atoms with Gasteiger partial charge in [-0.1, -0.05) is 0 Å². The molecule has 2 saturated heterocycles. The summed E-state index contributed by atoms with van der Waals surface area (Å²) in [7, 11) is 0. The van der Waals surface area contributed by atoms with Crippen molar-refractivity contribution in [3.8, 4) is 0 Å². The standard InChI is InChI=1S/C6H10O2.C4H6O3/c7-6-4-2-1-3-5-8-6;5-4-3-6-1-2-7-4/h1-5H2;1-3H2. The summed E-state index contributed by atoms with van der Waals surface area (Å²) >= 11 is 0. The normalized spacial score (nSPS) is 21.6. The molecule has 5 nitrogen and oxygen atoms in total. The Morgan fingerprint density at radius 2 is 1.60 bits per heavy atom. The predicted molar refractivity (Wildman–Crippen MR) is 51.2 cm³/mol. The van der Waals surface area contributed by atoms with Crippen molar-refractivity contribution in [2.24, 2.45) is 0 Å². The summed E-state index contributed by atoms with van der Waals surface area (Å²) in [6.45, 7) is 1.73. The van der Waals surface area contributed by atoms with Crippen LogP contribution in [0.25, 0.3) is 0 Å². The minimum Gasteiger partial charge on any atom is -0.466 e. The first-order chi connectivity index (χ1) is 7.29. The maximum Gasteiger partial charge on any atom is 0.332 e. The van der Waals surface area contributed by atoms with Crippen molar-refractivity contribution in [3.63, 3.8) is 0 Å². The summed E-state index contributed by atoms with van der Waals surface area (Å²) in [5.74, 6) is -0.284. The van der Waals surface area contributed by atoms with Crippen LogP contribution in [-0.2, 0) is 23.8 Å². The summed E-state index contributed by atoms with van der Waals surface area (Å²) in [6, 6.07) is 0. The molecular formula is C10H16O5. The van der Waals surface area contributed by atoms with Gasteiger partial charge in [0.25, 0.3) is 0 Å². The predicted octanol–water partition coefficient (Wildman–Crippen LogP) is 0.663. The van der Waals surface area contributed by atoms with Gasteiger partial charge < -0.3 is 14.2 Å². The average molecular weight is 216 g/mol. The minimum absolute atomic E-state index is 0.0255. The van der Waals surface area contributed by atoms with Crippen LogP contribution in [0.1, 0.15) is 25.7 Å². The van der Waals surface area contributed by atoms with E-state index in [-0.39, 0.29) is 18.5 Å². The molecule has 0 aliphatic carbocycles. The van der Waals surface area contributed by atoms with Gasteiger partial charge in [0.05, 0.1) is 13.2 Å². The van der Waals surface area contributed by atoms with E-state index < -0.39 is 0 Å². The molecule has 0 aromatic carbocycles. The fraction of sp³-hybridized carbons (Fsp3) is 0.800. The molecule has 2 aliphatic rings. The first-order valence-electron chi connectivity index (χ1n) is 5.18. The molecule has 2 rings (SSSR count). The van der Waals surface area contributed by atoms with Gasteiger partial charge in [0.15, 0.2) is 0 Å². The van der Waals surface area contributed by atoms with Gasteiger partial charge >= 0.3 is 11.9 Å². The summed E-state index contributed by atoms with van der Waals surface area (Å²) in [5.41, 5.74) is 0. The number of ether oxygens (including phenoxy) is 3. The van der Waals surface area contributed by atoms with E-state index in [1.54, 1.807) is 0 Å². The van der Waals surface area contributed by atoms with Crippen LogP contribution in [0.5, 0.6) is 0 Å². The van der Waals surface area contributed by atoms with E-state index in [0.717, 1.165) is 19.3 Å². The molecular weight excluding hydrogens is 200 g/mol. The Kier molecular flexibility index (Phi) is 5.77. The zero-order valence-electron chi connectivity index (χ0n) is 8.70. The van der Waals surface area contributed by atoms with E-state index in [9.17, 15) is 9.59 Å². The molecule has 0 aromatic rings. The van der Waals surface area contributed by atoms with Gasteiger partial charge in [-0.25, -0.2) is 4.79 Å². The third kappa shape index (κ3) is 6.06. The monoisotopic (exact) mass is 216 g/mol. The number of carbonyl (C=O) groups is 2. The molecule has 0 N–H and O–H groups in total. The third-order valence-electron chi connectivity index (χ3n) is 2.00. The number of hydrogen-bond donors (Lipinski definition) is 0. The molecule has 0 bridgehead atoms. The number of carbonyl (C=O) groups excluding carboxylic acids is 2. The van der Waals surface area contributed by atoms with Crippen LogP contribution in [0.3, 0.4) is 0 Å². The van der Waals surface area contributed by atoms with E-state index in [1.807, 2.05) is 0 Å².